The van der Waals surface area contributed by atoms with Crippen molar-refractivity contribution in [3.63, 3.8) is 0 Å². The van der Waals surface area contributed by atoms with Crippen LogP contribution in [0.15, 0.2) is 80.1 Å². The molecule has 0 fully saturated rings. The highest BCUT2D eigenvalue weighted by atomic mass is 35.5. The van der Waals surface area contributed by atoms with Gasteiger partial charge in [0.05, 0.1) is 37.3 Å². The van der Waals surface area contributed by atoms with Crippen molar-refractivity contribution in [2.24, 2.45) is 4.99 Å². The van der Waals surface area contributed by atoms with E-state index in [0.29, 0.717) is 11.3 Å². The first-order valence-corrected chi connectivity index (χ1v) is 13.3. The number of aromatic nitrogens is 1. The van der Waals surface area contributed by atoms with Crippen molar-refractivity contribution in [1.29, 1.82) is 0 Å². The van der Waals surface area contributed by atoms with Crippen LogP contribution in [-0.2, 0) is 9.53 Å². The van der Waals surface area contributed by atoms with Crippen LogP contribution in [0, 0.1) is 20.2 Å². The van der Waals surface area contributed by atoms with E-state index in [0.717, 1.165) is 11.3 Å². The van der Waals surface area contributed by atoms with Gasteiger partial charge in [-0.1, -0.05) is 35.1 Å². The summed E-state index contributed by atoms with van der Waals surface area (Å²) in [5.74, 6) is -0.341. The summed E-state index contributed by atoms with van der Waals surface area (Å²) in [6.07, 6.45) is 1.51. The van der Waals surface area contributed by atoms with Crippen molar-refractivity contribution in [2.45, 2.75) is 19.9 Å². The summed E-state index contributed by atoms with van der Waals surface area (Å²) in [6.45, 7) is 3.33. The van der Waals surface area contributed by atoms with Gasteiger partial charge in [0.1, 0.15) is 17.6 Å². The quantitative estimate of drug-likeness (QED) is 0.171. The lowest BCUT2D eigenvalue weighted by molar-refractivity contribution is -0.385. The number of carbonyl (C=O) groups excluding carboxylic acids is 1. The van der Waals surface area contributed by atoms with Gasteiger partial charge in [0.25, 0.3) is 16.9 Å². The summed E-state index contributed by atoms with van der Waals surface area (Å²) < 4.78 is 12.9. The Labute approximate surface area is 239 Å². The van der Waals surface area contributed by atoms with Crippen molar-refractivity contribution in [3.8, 4) is 11.3 Å². The maximum absolute atomic E-state index is 13.7. The van der Waals surface area contributed by atoms with Gasteiger partial charge in [0, 0.05) is 29.8 Å². The van der Waals surface area contributed by atoms with Gasteiger partial charge in [-0.3, -0.25) is 29.6 Å². The molecule has 12 nitrogen and oxygen atoms in total. The minimum absolute atomic E-state index is 0.0756. The third kappa shape index (κ3) is 5.19. The molecule has 14 heteroatoms. The maximum Gasteiger partial charge on any atom is 0.338 e. The fourth-order valence-corrected chi connectivity index (χ4v) is 5.66. The number of benzene rings is 2. The van der Waals surface area contributed by atoms with Gasteiger partial charge in [-0.05, 0) is 43.7 Å². The normalized spacial score (nSPS) is 14.9. The van der Waals surface area contributed by atoms with Gasteiger partial charge in [-0.2, -0.15) is 0 Å². The van der Waals surface area contributed by atoms with Crippen molar-refractivity contribution in [3.05, 3.63) is 122 Å². The molecule has 2 aromatic carbocycles. The number of nitro groups is 2. The molecule has 0 aliphatic carbocycles. The summed E-state index contributed by atoms with van der Waals surface area (Å²) in [5.41, 5.74) is 0.236. The van der Waals surface area contributed by atoms with E-state index in [2.05, 4.69) is 4.99 Å². The van der Waals surface area contributed by atoms with Crippen molar-refractivity contribution in [1.82, 2.24) is 4.57 Å². The lowest BCUT2D eigenvalue weighted by Gasteiger charge is -2.22. The van der Waals surface area contributed by atoms with E-state index in [1.165, 1.54) is 53.1 Å². The molecule has 2 aromatic heterocycles. The zero-order valence-corrected chi connectivity index (χ0v) is 23.0. The monoisotopic (exact) mass is 594 g/mol. The average Bonchev–Trinajstić information content (AvgIpc) is 3.53. The molecule has 3 heterocycles. The standard InChI is InChI=1S/C27H19ClN4O8S/c1-3-39-26(34)23-14(2)29-27-30(25(33)22(41-27)12-15-5-4-6-16(11-15)31(35)36)24(23)21-10-9-20(40-21)18-13-17(32(37)38)7-8-19(18)28/h4-13,24H,3H2,1-2H3/b22-12-/t24-/m0/s1. The van der Waals surface area contributed by atoms with E-state index < -0.39 is 27.4 Å². The number of non-ortho nitro benzene ring substituents is 2. The van der Waals surface area contributed by atoms with Crippen LogP contribution in [0.2, 0.25) is 5.02 Å². The first-order valence-electron chi connectivity index (χ1n) is 12.1. The molecule has 5 rings (SSSR count). The number of nitrogens with zero attached hydrogens (tertiary/aromatic N) is 4. The van der Waals surface area contributed by atoms with Crippen LogP contribution in [0.1, 0.15) is 31.2 Å². The van der Waals surface area contributed by atoms with Gasteiger partial charge in [0.2, 0.25) is 0 Å². The number of furan rings is 1. The number of rotatable bonds is 7. The van der Waals surface area contributed by atoms with E-state index in [-0.39, 0.29) is 55.0 Å². The molecule has 0 saturated heterocycles. The van der Waals surface area contributed by atoms with Crippen LogP contribution < -0.4 is 14.9 Å². The van der Waals surface area contributed by atoms with Gasteiger partial charge in [-0.25, -0.2) is 9.79 Å². The molecular weight excluding hydrogens is 576 g/mol. The molecule has 4 aromatic rings. The van der Waals surface area contributed by atoms with E-state index in [4.69, 9.17) is 20.8 Å². The molecule has 0 unspecified atom stereocenters. The number of hydrogen-bond donors (Lipinski definition) is 0. The second-order valence-corrected chi connectivity index (χ2v) is 10.2. The molecule has 0 radical (unpaired) electrons. The number of ether oxygens (including phenoxy) is 1. The molecular formula is C27H19ClN4O8S. The molecule has 1 aliphatic heterocycles. The zero-order chi connectivity index (χ0) is 29.4. The van der Waals surface area contributed by atoms with Gasteiger partial charge < -0.3 is 9.15 Å². The number of halogens is 1. The van der Waals surface area contributed by atoms with Crippen LogP contribution in [0.4, 0.5) is 11.4 Å². The Bertz CT molecular complexity index is 1960. The van der Waals surface area contributed by atoms with Crippen molar-refractivity contribution in [2.75, 3.05) is 6.61 Å². The summed E-state index contributed by atoms with van der Waals surface area (Å²) in [6, 6.07) is 11.7. The van der Waals surface area contributed by atoms with Crippen LogP contribution in [0.3, 0.4) is 0 Å². The fraction of sp³-hybridized carbons (Fsp3) is 0.148. The smallest absolute Gasteiger partial charge is 0.338 e. The molecule has 0 saturated carbocycles. The Balaban J connectivity index is 1.69. The molecule has 208 valence electrons. The molecule has 0 N–H and O–H groups in total. The summed E-state index contributed by atoms with van der Waals surface area (Å²) >= 11 is 7.36. The topological polar surface area (TPSA) is 160 Å². The third-order valence-electron chi connectivity index (χ3n) is 6.22. The van der Waals surface area contributed by atoms with E-state index >= 15 is 0 Å². The van der Waals surface area contributed by atoms with Crippen molar-refractivity contribution < 1.29 is 23.8 Å². The Morgan fingerprint density at radius 1 is 1.15 bits per heavy atom. The van der Waals surface area contributed by atoms with Gasteiger partial charge >= 0.3 is 5.97 Å². The van der Waals surface area contributed by atoms with Crippen LogP contribution in [0.5, 0.6) is 0 Å². The second kappa shape index (κ2) is 10.9. The first-order chi connectivity index (χ1) is 19.6. The number of fused-ring (bicyclic) bond motifs is 1. The largest absolute Gasteiger partial charge is 0.463 e. The van der Waals surface area contributed by atoms with E-state index in [9.17, 15) is 29.8 Å². The molecule has 1 atom stereocenters. The number of hydrogen-bond acceptors (Lipinski definition) is 10. The highest BCUT2D eigenvalue weighted by Gasteiger charge is 2.35. The third-order valence-corrected chi connectivity index (χ3v) is 7.53. The number of thiazole rings is 1. The van der Waals surface area contributed by atoms with E-state index in [1.807, 2.05) is 0 Å². The number of carbonyl (C=O) groups is 1. The highest BCUT2D eigenvalue weighted by Crippen LogP contribution is 2.37. The predicted molar refractivity (Wildman–Crippen MR) is 149 cm³/mol. The zero-order valence-electron chi connectivity index (χ0n) is 21.4. The summed E-state index contributed by atoms with van der Waals surface area (Å²) in [7, 11) is 0. The van der Waals surface area contributed by atoms with Crippen LogP contribution >= 0.6 is 22.9 Å². The number of allylic oxidation sites excluding steroid dienone is 1. The SMILES string of the molecule is CCOC(=O)C1=C(C)N=c2s/c(=C\c3cccc([N+](=O)[O-])c3)c(=O)n2[C@H]1c1ccc(-c2cc([N+](=O)[O-])ccc2Cl)o1. The average molecular weight is 595 g/mol. The number of esters is 1. The van der Waals surface area contributed by atoms with Gasteiger partial charge in [0.15, 0.2) is 4.80 Å². The lowest BCUT2D eigenvalue weighted by Crippen LogP contribution is -2.39. The van der Waals surface area contributed by atoms with Crippen LogP contribution in [-0.4, -0.2) is 27.0 Å². The molecule has 0 bridgehead atoms. The summed E-state index contributed by atoms with van der Waals surface area (Å²) in [4.78, 5) is 53.0. The van der Waals surface area contributed by atoms with Crippen LogP contribution in [0.25, 0.3) is 17.4 Å². The Kier molecular flexibility index (Phi) is 7.39. The Morgan fingerprint density at radius 2 is 1.88 bits per heavy atom. The Hall–Kier alpha value is -4.88. The molecule has 1 aliphatic rings. The van der Waals surface area contributed by atoms with E-state index in [1.54, 1.807) is 26.0 Å². The fourth-order valence-electron chi connectivity index (χ4n) is 4.40. The second-order valence-electron chi connectivity index (χ2n) is 8.78. The molecule has 0 spiro atoms. The van der Waals surface area contributed by atoms with Gasteiger partial charge in [-0.15, -0.1) is 0 Å². The summed E-state index contributed by atoms with van der Waals surface area (Å²) in [5, 5.41) is 22.7. The lowest BCUT2D eigenvalue weighted by atomic mass is 10.0. The minimum Gasteiger partial charge on any atom is -0.463 e. The molecule has 0 amide bonds. The first kappa shape index (κ1) is 27.7. The highest BCUT2D eigenvalue weighted by molar-refractivity contribution is 7.07. The minimum atomic E-state index is -1.08. The molecule has 41 heavy (non-hydrogen) atoms. The maximum atomic E-state index is 13.7. The number of nitro benzene ring substituents is 2. The predicted octanol–water partition coefficient (Wildman–Crippen LogP) is 4.53. The van der Waals surface area contributed by atoms with Crippen molar-refractivity contribution >= 4 is 46.4 Å². The Morgan fingerprint density at radius 3 is 2.59 bits per heavy atom.